The quantitative estimate of drug-likeness (QED) is 0.500. The van der Waals surface area contributed by atoms with Crippen LogP contribution in [0, 0.1) is 5.92 Å². The number of pyridine rings is 1. The van der Waals surface area contributed by atoms with E-state index in [1.54, 1.807) is 0 Å². The van der Waals surface area contributed by atoms with Gasteiger partial charge in [-0.2, -0.15) is 0 Å². The molecule has 4 aromatic rings. The van der Waals surface area contributed by atoms with Gasteiger partial charge in [-0.05, 0) is 44.0 Å². The minimum atomic E-state index is 0.490. The van der Waals surface area contributed by atoms with Crippen LogP contribution in [0.2, 0.25) is 0 Å². The molecule has 5 heterocycles. The number of hydrogen-bond donors (Lipinski definition) is 0. The molecule has 3 saturated heterocycles. The Hall–Kier alpha value is -2.98. The van der Waals surface area contributed by atoms with E-state index in [1.807, 2.05) is 12.3 Å². The number of rotatable bonds is 3. The molecule has 0 amide bonds. The summed E-state index contributed by atoms with van der Waals surface area (Å²) in [4.78, 5) is 12.3. The minimum absolute atomic E-state index is 0.490. The lowest BCUT2D eigenvalue weighted by atomic mass is 9.83. The topological polar surface area (TPSA) is 34.0 Å². The standard InChI is InChI=1S/C25H24N4/c1-2-6-19(7-3-1)24-25(21-14-20-8-4-5-9-22(20)26-15-21)29(17-27-24)23-16-28-12-10-18(23)11-13-28/h1-9,14-15,17-18,23H,10-13,16H2/t23-/m1/s1. The molecule has 4 nitrogen and oxygen atoms in total. The molecule has 2 aromatic heterocycles. The molecule has 3 fully saturated rings. The normalized spacial score (nSPS) is 23.5. The van der Waals surface area contributed by atoms with E-state index in [4.69, 9.17) is 9.97 Å². The smallest absolute Gasteiger partial charge is 0.0963 e. The highest BCUT2D eigenvalue weighted by Crippen LogP contribution is 2.41. The zero-order chi connectivity index (χ0) is 19.2. The molecular formula is C25H24N4. The van der Waals surface area contributed by atoms with Crippen LogP contribution in [0.5, 0.6) is 0 Å². The van der Waals surface area contributed by atoms with Crippen molar-refractivity contribution in [2.24, 2.45) is 5.92 Å². The predicted octanol–water partition coefficient (Wildman–Crippen LogP) is 5.03. The van der Waals surface area contributed by atoms with Crippen molar-refractivity contribution in [1.82, 2.24) is 19.4 Å². The van der Waals surface area contributed by atoms with Crippen molar-refractivity contribution in [3.05, 3.63) is 73.2 Å². The van der Waals surface area contributed by atoms with E-state index in [-0.39, 0.29) is 0 Å². The van der Waals surface area contributed by atoms with E-state index in [1.165, 1.54) is 37.0 Å². The van der Waals surface area contributed by atoms with Gasteiger partial charge in [0.15, 0.2) is 0 Å². The zero-order valence-electron chi connectivity index (χ0n) is 16.4. The lowest BCUT2D eigenvalue weighted by Crippen LogP contribution is -2.48. The van der Waals surface area contributed by atoms with Crippen LogP contribution < -0.4 is 0 Å². The Bertz CT molecular complexity index is 1160. The van der Waals surface area contributed by atoms with Gasteiger partial charge in [0.1, 0.15) is 0 Å². The fraction of sp³-hybridized carbons (Fsp3) is 0.280. The maximum atomic E-state index is 4.92. The van der Waals surface area contributed by atoms with Crippen molar-refractivity contribution in [2.75, 3.05) is 19.6 Å². The molecule has 0 radical (unpaired) electrons. The summed E-state index contributed by atoms with van der Waals surface area (Å²) in [5.74, 6) is 0.741. The Morgan fingerprint density at radius 3 is 2.41 bits per heavy atom. The summed E-state index contributed by atoms with van der Waals surface area (Å²) >= 11 is 0. The van der Waals surface area contributed by atoms with Gasteiger partial charge < -0.3 is 9.47 Å². The summed E-state index contributed by atoms with van der Waals surface area (Å²) < 4.78 is 2.45. The summed E-state index contributed by atoms with van der Waals surface area (Å²) in [5, 5.41) is 1.17. The van der Waals surface area contributed by atoms with Crippen LogP contribution in [0.25, 0.3) is 33.4 Å². The summed E-state index contributed by atoms with van der Waals surface area (Å²) in [6.07, 6.45) is 6.67. The first kappa shape index (κ1) is 16.9. The molecule has 0 aliphatic carbocycles. The Balaban J connectivity index is 1.54. The molecule has 4 heteroatoms. The monoisotopic (exact) mass is 380 g/mol. The number of imidazole rings is 1. The van der Waals surface area contributed by atoms with Crippen molar-refractivity contribution in [1.29, 1.82) is 0 Å². The first-order chi connectivity index (χ1) is 14.4. The van der Waals surface area contributed by atoms with Gasteiger partial charge in [-0.15, -0.1) is 0 Å². The summed E-state index contributed by atoms with van der Waals surface area (Å²) in [6, 6.07) is 21.6. The molecule has 0 N–H and O–H groups in total. The second-order valence-electron chi connectivity index (χ2n) is 8.34. The predicted molar refractivity (Wildman–Crippen MR) is 117 cm³/mol. The molecule has 0 saturated carbocycles. The summed E-state index contributed by atoms with van der Waals surface area (Å²) in [5.41, 5.74) is 5.60. The molecule has 7 rings (SSSR count). The van der Waals surface area contributed by atoms with E-state index in [0.29, 0.717) is 6.04 Å². The van der Waals surface area contributed by atoms with E-state index < -0.39 is 0 Å². The SMILES string of the molecule is c1ccc(-c2ncn([C@@H]3CN4CCC3CC4)c2-c2cnc3ccccc3c2)cc1. The largest absolute Gasteiger partial charge is 0.325 e. The molecule has 0 spiro atoms. The minimum Gasteiger partial charge on any atom is -0.325 e. The van der Waals surface area contributed by atoms with Gasteiger partial charge in [0.25, 0.3) is 0 Å². The molecule has 2 aromatic carbocycles. The Morgan fingerprint density at radius 1 is 0.828 bits per heavy atom. The van der Waals surface area contributed by atoms with Crippen LogP contribution in [0.1, 0.15) is 18.9 Å². The van der Waals surface area contributed by atoms with Crippen LogP contribution in [0.3, 0.4) is 0 Å². The van der Waals surface area contributed by atoms with Gasteiger partial charge in [-0.25, -0.2) is 4.98 Å². The molecule has 3 aliphatic rings. The fourth-order valence-electron chi connectivity index (χ4n) is 5.16. The average molecular weight is 380 g/mol. The van der Waals surface area contributed by atoms with Gasteiger partial charge >= 0.3 is 0 Å². The number of aromatic nitrogens is 3. The van der Waals surface area contributed by atoms with Crippen LogP contribution >= 0.6 is 0 Å². The van der Waals surface area contributed by atoms with Crippen LogP contribution in [-0.2, 0) is 0 Å². The second kappa shape index (κ2) is 6.82. The van der Waals surface area contributed by atoms with Crippen molar-refractivity contribution in [3.8, 4) is 22.5 Å². The van der Waals surface area contributed by atoms with E-state index in [9.17, 15) is 0 Å². The number of nitrogens with zero attached hydrogens (tertiary/aromatic N) is 4. The number of benzene rings is 2. The third kappa shape index (κ3) is 2.87. The van der Waals surface area contributed by atoms with Crippen molar-refractivity contribution >= 4 is 10.9 Å². The summed E-state index contributed by atoms with van der Waals surface area (Å²) in [7, 11) is 0. The van der Waals surface area contributed by atoms with E-state index >= 15 is 0 Å². The van der Waals surface area contributed by atoms with Gasteiger partial charge in [0, 0.05) is 29.3 Å². The van der Waals surface area contributed by atoms with Gasteiger partial charge in [0.2, 0.25) is 0 Å². The Morgan fingerprint density at radius 2 is 1.62 bits per heavy atom. The number of fused-ring (bicyclic) bond motifs is 4. The molecule has 29 heavy (non-hydrogen) atoms. The van der Waals surface area contributed by atoms with E-state index in [2.05, 4.69) is 70.4 Å². The molecule has 0 unspecified atom stereocenters. The average Bonchev–Trinajstić information content (AvgIpc) is 3.25. The molecule has 1 atom stereocenters. The van der Waals surface area contributed by atoms with E-state index in [0.717, 1.165) is 34.8 Å². The van der Waals surface area contributed by atoms with Gasteiger partial charge in [-0.3, -0.25) is 4.98 Å². The molecule has 3 aliphatic heterocycles. The summed E-state index contributed by atoms with van der Waals surface area (Å²) in [6.45, 7) is 3.62. The third-order valence-corrected chi connectivity index (χ3v) is 6.68. The molecular weight excluding hydrogens is 356 g/mol. The maximum absolute atomic E-state index is 4.92. The first-order valence-corrected chi connectivity index (χ1v) is 10.6. The number of piperidine rings is 3. The number of hydrogen-bond acceptors (Lipinski definition) is 3. The number of para-hydroxylation sites is 1. The lowest BCUT2D eigenvalue weighted by Gasteiger charge is -2.45. The van der Waals surface area contributed by atoms with Crippen LogP contribution in [0.4, 0.5) is 0 Å². The van der Waals surface area contributed by atoms with Gasteiger partial charge in [0.05, 0.1) is 29.3 Å². The van der Waals surface area contributed by atoms with Crippen molar-refractivity contribution in [2.45, 2.75) is 18.9 Å². The molecule has 144 valence electrons. The first-order valence-electron chi connectivity index (χ1n) is 10.6. The third-order valence-electron chi connectivity index (χ3n) is 6.68. The lowest BCUT2D eigenvalue weighted by molar-refractivity contribution is 0.0577. The highest BCUT2D eigenvalue weighted by molar-refractivity contribution is 5.86. The van der Waals surface area contributed by atoms with Gasteiger partial charge in [-0.1, -0.05) is 48.5 Å². The van der Waals surface area contributed by atoms with Crippen LogP contribution in [-0.4, -0.2) is 39.1 Å². The van der Waals surface area contributed by atoms with Crippen molar-refractivity contribution in [3.63, 3.8) is 0 Å². The fourth-order valence-corrected chi connectivity index (χ4v) is 5.16. The molecule has 2 bridgehead atoms. The van der Waals surface area contributed by atoms with Crippen LogP contribution in [0.15, 0.2) is 73.2 Å². The Kier molecular flexibility index (Phi) is 3.98. The maximum Gasteiger partial charge on any atom is 0.0963 e. The highest BCUT2D eigenvalue weighted by atomic mass is 15.2. The Labute approximate surface area is 170 Å². The highest BCUT2D eigenvalue weighted by Gasteiger charge is 2.36. The zero-order valence-corrected chi connectivity index (χ0v) is 16.4. The van der Waals surface area contributed by atoms with Crippen molar-refractivity contribution < 1.29 is 0 Å². The second-order valence-corrected chi connectivity index (χ2v) is 8.34.